The van der Waals surface area contributed by atoms with Crippen LogP contribution in [0.3, 0.4) is 0 Å². The van der Waals surface area contributed by atoms with Crippen molar-refractivity contribution in [1.82, 2.24) is 14.2 Å². The minimum atomic E-state index is -4.10. The second-order valence-electron chi connectivity index (χ2n) is 10.2. The molecule has 38 heavy (non-hydrogen) atoms. The molecule has 2 aromatic heterocycles. The Bertz CT molecular complexity index is 1290. The molecule has 0 aliphatic carbocycles. The van der Waals surface area contributed by atoms with Gasteiger partial charge in [0, 0.05) is 0 Å². The van der Waals surface area contributed by atoms with E-state index >= 15 is 0 Å². The molecule has 1 saturated heterocycles. The van der Waals surface area contributed by atoms with E-state index in [1.165, 1.54) is 10.9 Å². The Hall–Kier alpha value is -2.86. The van der Waals surface area contributed by atoms with Crippen molar-refractivity contribution in [3.8, 4) is 0 Å². The van der Waals surface area contributed by atoms with Gasteiger partial charge in [0.25, 0.3) is 0 Å². The maximum Gasteiger partial charge on any atom is 0.572 e. The fraction of sp³-hybridized carbons (Fsp3) is 0.480. The standard InChI is InChI=1S/C25H34N4O8P/c1-25(2,3)15-34-24(30)33-14-19-9-12-22(37-19)20-10-11-21-23(26)28(16-27-29(20)21)17-36-38(31,32)35-13-18-7-5-4-6-8-18/h4-8,10-11,16,19,22,26,31-32H,9,12-15,17H2,1-3H3/q+1. The first-order valence-corrected chi connectivity index (χ1v) is 13.8. The molecular weight excluding hydrogens is 515 g/mol. The summed E-state index contributed by atoms with van der Waals surface area (Å²) in [6.07, 6.45) is 1.50. The highest BCUT2D eigenvalue weighted by Crippen LogP contribution is 2.53. The van der Waals surface area contributed by atoms with Crippen LogP contribution >= 0.6 is 8.17 Å². The van der Waals surface area contributed by atoms with E-state index < -0.39 is 14.3 Å². The normalized spacial score (nSPS) is 18.1. The van der Waals surface area contributed by atoms with Crippen molar-refractivity contribution in [3.05, 3.63) is 65.5 Å². The number of hydrogen-bond acceptors (Lipinski definition) is 10. The maximum absolute atomic E-state index is 11.8. The topological polar surface area (TPSA) is 150 Å². The maximum atomic E-state index is 11.8. The van der Waals surface area contributed by atoms with E-state index in [0.29, 0.717) is 18.4 Å². The number of carbonyl (C=O) groups excluding carboxylic acids is 1. The third-order valence-electron chi connectivity index (χ3n) is 5.78. The lowest BCUT2D eigenvalue weighted by Crippen LogP contribution is -2.25. The minimum Gasteiger partial charge on any atom is -0.434 e. The first-order valence-electron chi connectivity index (χ1n) is 12.2. The van der Waals surface area contributed by atoms with Crippen LogP contribution < -0.4 is 5.49 Å². The lowest BCUT2D eigenvalue weighted by molar-refractivity contribution is -0.0231. The average Bonchev–Trinajstić information content (AvgIpc) is 3.52. The van der Waals surface area contributed by atoms with E-state index in [4.69, 9.17) is 28.7 Å². The third kappa shape index (κ3) is 7.59. The highest BCUT2D eigenvalue weighted by Gasteiger charge is 2.40. The van der Waals surface area contributed by atoms with Crippen molar-refractivity contribution in [3.63, 3.8) is 0 Å². The predicted molar refractivity (Wildman–Crippen MR) is 136 cm³/mol. The molecular formula is C25H34N4O8P+. The number of carbonyl (C=O) groups is 1. The van der Waals surface area contributed by atoms with Crippen LogP contribution in [0.4, 0.5) is 4.79 Å². The fourth-order valence-electron chi connectivity index (χ4n) is 3.84. The van der Waals surface area contributed by atoms with Gasteiger partial charge in [0.1, 0.15) is 31.2 Å². The van der Waals surface area contributed by atoms with Crippen molar-refractivity contribution in [2.45, 2.75) is 59.2 Å². The van der Waals surface area contributed by atoms with Gasteiger partial charge in [-0.15, -0.1) is 9.05 Å². The molecule has 0 bridgehead atoms. The summed E-state index contributed by atoms with van der Waals surface area (Å²) in [5.74, 6) is 0. The first kappa shape index (κ1) is 28.2. The number of fused-ring (bicyclic) bond motifs is 1. The van der Waals surface area contributed by atoms with E-state index in [0.717, 1.165) is 11.3 Å². The van der Waals surface area contributed by atoms with Gasteiger partial charge in [-0.3, -0.25) is 9.98 Å². The van der Waals surface area contributed by atoms with E-state index in [9.17, 15) is 14.6 Å². The molecule has 3 N–H and O–H groups in total. The zero-order valence-electron chi connectivity index (χ0n) is 21.6. The Morgan fingerprint density at radius 2 is 1.89 bits per heavy atom. The molecule has 3 aromatic rings. The Balaban J connectivity index is 1.32. The monoisotopic (exact) mass is 549 g/mol. The summed E-state index contributed by atoms with van der Waals surface area (Å²) in [5, 5.41) is 12.9. The number of ether oxygens (including phenoxy) is 3. The quantitative estimate of drug-likeness (QED) is 0.253. The lowest BCUT2D eigenvalue weighted by Gasteiger charge is -2.18. The van der Waals surface area contributed by atoms with Gasteiger partial charge < -0.3 is 14.2 Å². The first-order chi connectivity index (χ1) is 18.0. The van der Waals surface area contributed by atoms with E-state index in [-0.39, 0.29) is 49.7 Å². The summed E-state index contributed by atoms with van der Waals surface area (Å²) < 4.78 is 29.7. The lowest BCUT2D eigenvalue weighted by atomic mass is 9.99. The summed E-state index contributed by atoms with van der Waals surface area (Å²) in [5.41, 5.74) is 1.94. The molecule has 1 aliphatic heterocycles. The van der Waals surface area contributed by atoms with Gasteiger partial charge in [-0.2, -0.15) is 14.9 Å². The van der Waals surface area contributed by atoms with Crippen molar-refractivity contribution in [2.24, 2.45) is 5.41 Å². The molecule has 2 unspecified atom stereocenters. The molecule has 13 heteroatoms. The van der Waals surface area contributed by atoms with Gasteiger partial charge in [-0.25, -0.2) is 9.31 Å². The largest absolute Gasteiger partial charge is 0.572 e. The molecule has 2 atom stereocenters. The van der Waals surface area contributed by atoms with Gasteiger partial charge in [0.15, 0.2) is 12.2 Å². The Kier molecular flexibility index (Phi) is 8.81. The molecule has 206 valence electrons. The van der Waals surface area contributed by atoms with E-state index in [2.05, 4.69) is 5.10 Å². The highest BCUT2D eigenvalue weighted by molar-refractivity contribution is 7.54. The van der Waals surface area contributed by atoms with Gasteiger partial charge in [-0.1, -0.05) is 51.1 Å². The zero-order valence-corrected chi connectivity index (χ0v) is 22.5. The van der Waals surface area contributed by atoms with Crippen molar-refractivity contribution in [1.29, 1.82) is 5.41 Å². The third-order valence-corrected chi connectivity index (χ3v) is 6.69. The fourth-order valence-corrected chi connectivity index (χ4v) is 4.51. The minimum absolute atomic E-state index is 0.0229. The summed E-state index contributed by atoms with van der Waals surface area (Å²) in [7, 11) is -4.10. The zero-order chi connectivity index (χ0) is 27.3. The van der Waals surface area contributed by atoms with Crippen LogP contribution in [0.25, 0.3) is 5.52 Å². The second-order valence-corrected chi connectivity index (χ2v) is 11.7. The molecule has 0 spiro atoms. The summed E-state index contributed by atoms with van der Waals surface area (Å²) >= 11 is 0. The van der Waals surface area contributed by atoms with E-state index in [1.54, 1.807) is 22.7 Å². The van der Waals surface area contributed by atoms with Crippen LogP contribution in [0.1, 0.15) is 51.0 Å². The molecule has 4 rings (SSSR count). The molecule has 0 radical (unpaired) electrons. The molecule has 3 heterocycles. The number of rotatable bonds is 10. The highest BCUT2D eigenvalue weighted by atomic mass is 31.2. The Morgan fingerprint density at radius 1 is 1.13 bits per heavy atom. The van der Waals surface area contributed by atoms with Gasteiger partial charge in [0.05, 0.1) is 18.4 Å². The van der Waals surface area contributed by atoms with Crippen molar-refractivity contribution in [2.75, 3.05) is 13.2 Å². The predicted octanol–water partition coefficient (Wildman–Crippen LogP) is 3.89. The molecule has 1 fully saturated rings. The Labute approximate surface area is 220 Å². The van der Waals surface area contributed by atoms with Gasteiger partial charge in [0.2, 0.25) is 0 Å². The SMILES string of the molecule is CC(C)(C)COC(=O)OCC1CCC(c2ccc3c(=N)n(CO[P+](O)(O)OCc4ccccc4)cnn23)O1. The summed E-state index contributed by atoms with van der Waals surface area (Å²) in [4.78, 5) is 32.1. The van der Waals surface area contributed by atoms with Crippen molar-refractivity contribution >= 4 is 19.8 Å². The van der Waals surface area contributed by atoms with Crippen LogP contribution in [0, 0.1) is 10.8 Å². The molecule has 0 saturated carbocycles. The number of nitrogens with one attached hydrogen (secondary N) is 1. The second kappa shape index (κ2) is 11.9. The molecule has 1 aliphatic rings. The number of aromatic nitrogens is 3. The smallest absolute Gasteiger partial charge is 0.434 e. The number of benzene rings is 1. The summed E-state index contributed by atoms with van der Waals surface area (Å²) in [6, 6.07) is 12.6. The van der Waals surface area contributed by atoms with Crippen LogP contribution in [0.5, 0.6) is 0 Å². The molecule has 0 amide bonds. The van der Waals surface area contributed by atoms with Gasteiger partial charge in [-0.05, 0) is 36.0 Å². The van der Waals surface area contributed by atoms with Gasteiger partial charge >= 0.3 is 14.3 Å². The average molecular weight is 550 g/mol. The molecule has 12 nitrogen and oxygen atoms in total. The molecule has 1 aromatic carbocycles. The summed E-state index contributed by atoms with van der Waals surface area (Å²) in [6.45, 7) is 5.90. The van der Waals surface area contributed by atoms with Crippen LogP contribution in [0.15, 0.2) is 48.8 Å². The Morgan fingerprint density at radius 3 is 2.63 bits per heavy atom. The van der Waals surface area contributed by atoms with Crippen LogP contribution in [-0.2, 0) is 36.6 Å². The number of nitrogens with zero attached hydrogens (tertiary/aromatic N) is 3. The van der Waals surface area contributed by atoms with E-state index in [1.807, 2.05) is 45.0 Å². The number of hydrogen-bond donors (Lipinski definition) is 3. The van der Waals surface area contributed by atoms with Crippen LogP contribution in [0.2, 0.25) is 0 Å². The van der Waals surface area contributed by atoms with Crippen LogP contribution in [-0.4, -0.2) is 49.4 Å². The van der Waals surface area contributed by atoms with Crippen molar-refractivity contribution < 1.29 is 37.8 Å².